The number of rotatable bonds is 3. The smallest absolute Gasteiger partial charge is 0.165 e. The first-order valence-electron chi connectivity index (χ1n) is 16.9. The lowest BCUT2D eigenvalue weighted by atomic mass is 9.98. The summed E-state index contributed by atoms with van der Waals surface area (Å²) in [5.74, 6) is 0.835. The molecule has 0 aliphatic heterocycles. The van der Waals surface area contributed by atoms with Crippen LogP contribution in [0.3, 0.4) is 0 Å². The van der Waals surface area contributed by atoms with Crippen LogP contribution in [0.4, 0.5) is 0 Å². The number of para-hydroxylation sites is 3. The molecule has 0 bridgehead atoms. The Morgan fingerprint density at radius 2 is 1.02 bits per heavy atom. The Morgan fingerprint density at radius 1 is 0.440 bits per heavy atom. The van der Waals surface area contributed by atoms with Gasteiger partial charge in [-0.25, -0.2) is 9.97 Å². The summed E-state index contributed by atoms with van der Waals surface area (Å²) in [5, 5.41) is 10.1. The quantitative estimate of drug-likeness (QED) is 0.190. The molecule has 0 saturated heterocycles. The Morgan fingerprint density at radius 3 is 1.80 bits per heavy atom. The van der Waals surface area contributed by atoms with Crippen molar-refractivity contribution >= 4 is 85.9 Å². The van der Waals surface area contributed by atoms with E-state index in [4.69, 9.17) is 9.97 Å². The van der Waals surface area contributed by atoms with Crippen LogP contribution in [-0.2, 0) is 0 Å². The number of thiophene rings is 1. The third-order valence-electron chi connectivity index (χ3n) is 10.1. The van der Waals surface area contributed by atoms with E-state index in [9.17, 15) is 0 Å². The maximum absolute atomic E-state index is 5.47. The fourth-order valence-corrected chi connectivity index (χ4v) is 9.16. The van der Waals surface area contributed by atoms with E-state index in [-0.39, 0.29) is 0 Å². The summed E-state index contributed by atoms with van der Waals surface area (Å²) in [6.45, 7) is 0. The molecule has 3 aromatic heterocycles. The first-order chi connectivity index (χ1) is 24.8. The second kappa shape index (κ2) is 10.6. The highest BCUT2D eigenvalue weighted by Gasteiger charge is 2.25. The van der Waals surface area contributed by atoms with Gasteiger partial charge in [0.05, 0.1) is 26.8 Å². The minimum atomic E-state index is 0.835. The van der Waals surface area contributed by atoms with Crippen LogP contribution < -0.4 is 0 Å². The van der Waals surface area contributed by atoms with Gasteiger partial charge in [0.15, 0.2) is 5.82 Å². The molecule has 11 rings (SSSR count). The molecule has 4 heteroatoms. The zero-order valence-corrected chi connectivity index (χ0v) is 27.7. The standard InChI is InChI=1S/C46H27N3S/c1-2-12-28(13-3-1)29-22-24-30(25-23-29)43-46(48-38-20-10-9-19-37(38)47-43)49-39-21-11-8-18-35(39)41-33-16-6-7-17-34(33)42-36-26-31-14-4-5-15-32(31)27-40(36)50-45(42)44(41)49/h1-27H. The van der Waals surface area contributed by atoms with Crippen molar-refractivity contribution in [3.05, 3.63) is 164 Å². The Bertz CT molecular complexity index is 3140. The molecule has 0 N–H and O–H groups in total. The van der Waals surface area contributed by atoms with E-state index in [1.165, 1.54) is 69.1 Å². The zero-order valence-electron chi connectivity index (χ0n) is 26.8. The molecule has 0 unspecified atom stereocenters. The van der Waals surface area contributed by atoms with E-state index in [0.717, 1.165) is 33.6 Å². The maximum Gasteiger partial charge on any atom is 0.165 e. The number of fused-ring (bicyclic) bond motifs is 12. The lowest BCUT2D eigenvalue weighted by Gasteiger charge is -2.15. The van der Waals surface area contributed by atoms with Crippen molar-refractivity contribution in [3.8, 4) is 28.2 Å². The molecule has 232 valence electrons. The van der Waals surface area contributed by atoms with Crippen LogP contribution in [0.15, 0.2) is 164 Å². The lowest BCUT2D eigenvalue weighted by molar-refractivity contribution is 1.08. The molecule has 0 amide bonds. The molecule has 0 saturated carbocycles. The minimum Gasteiger partial charge on any atom is -0.290 e. The molecule has 0 spiro atoms. The average molecular weight is 654 g/mol. The number of hydrogen-bond acceptors (Lipinski definition) is 3. The molecule has 11 aromatic rings. The van der Waals surface area contributed by atoms with E-state index >= 15 is 0 Å². The third kappa shape index (κ3) is 3.97. The summed E-state index contributed by atoms with van der Waals surface area (Å²) in [5.41, 5.74) is 8.31. The van der Waals surface area contributed by atoms with Crippen molar-refractivity contribution in [1.82, 2.24) is 14.5 Å². The average Bonchev–Trinajstić information content (AvgIpc) is 3.73. The van der Waals surface area contributed by atoms with Crippen molar-refractivity contribution < 1.29 is 0 Å². The van der Waals surface area contributed by atoms with Gasteiger partial charge in [0.1, 0.15) is 5.69 Å². The topological polar surface area (TPSA) is 30.7 Å². The van der Waals surface area contributed by atoms with Crippen LogP contribution in [0.1, 0.15) is 0 Å². The summed E-state index contributed by atoms with van der Waals surface area (Å²) in [4.78, 5) is 10.8. The van der Waals surface area contributed by atoms with Gasteiger partial charge in [-0.15, -0.1) is 11.3 Å². The van der Waals surface area contributed by atoms with Crippen LogP contribution in [0.2, 0.25) is 0 Å². The molecule has 0 radical (unpaired) electrons. The zero-order chi connectivity index (χ0) is 32.8. The van der Waals surface area contributed by atoms with E-state index < -0.39 is 0 Å². The summed E-state index contributed by atoms with van der Waals surface area (Å²) in [7, 11) is 0. The predicted octanol–water partition coefficient (Wildman–Crippen LogP) is 12.7. The van der Waals surface area contributed by atoms with E-state index in [1.54, 1.807) is 0 Å². The molecule has 3 heterocycles. The van der Waals surface area contributed by atoms with Crippen molar-refractivity contribution in [3.63, 3.8) is 0 Å². The molecular formula is C46H27N3S. The van der Waals surface area contributed by atoms with Crippen LogP contribution in [0.5, 0.6) is 0 Å². The summed E-state index contributed by atoms with van der Waals surface area (Å²) >= 11 is 1.88. The monoisotopic (exact) mass is 653 g/mol. The number of hydrogen-bond donors (Lipinski definition) is 0. The normalized spacial score (nSPS) is 12.0. The Labute approximate surface area is 291 Å². The van der Waals surface area contributed by atoms with Gasteiger partial charge in [-0.2, -0.15) is 0 Å². The van der Waals surface area contributed by atoms with Gasteiger partial charge in [0, 0.05) is 31.8 Å². The lowest BCUT2D eigenvalue weighted by Crippen LogP contribution is -2.03. The highest BCUT2D eigenvalue weighted by Crippen LogP contribution is 2.49. The number of nitrogens with zero attached hydrogens (tertiary/aromatic N) is 3. The van der Waals surface area contributed by atoms with Crippen molar-refractivity contribution in [2.75, 3.05) is 0 Å². The predicted molar refractivity (Wildman–Crippen MR) is 213 cm³/mol. The van der Waals surface area contributed by atoms with Crippen LogP contribution in [-0.4, -0.2) is 14.5 Å². The molecule has 0 atom stereocenters. The summed E-state index contributed by atoms with van der Waals surface area (Å²) in [6, 6.07) is 58.6. The molecule has 50 heavy (non-hydrogen) atoms. The van der Waals surface area contributed by atoms with Crippen LogP contribution in [0, 0.1) is 0 Å². The molecule has 3 nitrogen and oxygen atoms in total. The summed E-state index contributed by atoms with van der Waals surface area (Å²) in [6.07, 6.45) is 0. The number of benzene rings is 8. The Hall–Kier alpha value is -6.36. The number of aromatic nitrogens is 3. The summed E-state index contributed by atoms with van der Waals surface area (Å²) < 4.78 is 4.95. The first kappa shape index (κ1) is 27.6. The van der Waals surface area contributed by atoms with Crippen molar-refractivity contribution in [2.45, 2.75) is 0 Å². The van der Waals surface area contributed by atoms with Gasteiger partial charge >= 0.3 is 0 Å². The van der Waals surface area contributed by atoms with Gasteiger partial charge in [0.2, 0.25) is 0 Å². The van der Waals surface area contributed by atoms with Gasteiger partial charge in [-0.1, -0.05) is 133 Å². The third-order valence-corrected chi connectivity index (χ3v) is 11.3. The second-order valence-electron chi connectivity index (χ2n) is 13.0. The fraction of sp³-hybridized carbons (Fsp3) is 0. The Kier molecular flexibility index (Phi) is 5.83. The van der Waals surface area contributed by atoms with Gasteiger partial charge in [-0.3, -0.25) is 4.57 Å². The van der Waals surface area contributed by atoms with Crippen LogP contribution in [0.25, 0.3) is 103 Å². The van der Waals surface area contributed by atoms with E-state index in [0.29, 0.717) is 0 Å². The molecule has 0 fully saturated rings. The Balaban J connectivity index is 1.31. The second-order valence-corrected chi connectivity index (χ2v) is 14.0. The van der Waals surface area contributed by atoms with Crippen LogP contribution >= 0.6 is 11.3 Å². The molecular weight excluding hydrogens is 627 g/mol. The molecule has 0 aliphatic carbocycles. The van der Waals surface area contributed by atoms with Crippen molar-refractivity contribution in [2.24, 2.45) is 0 Å². The SMILES string of the molecule is c1ccc(-c2ccc(-c3nc4ccccc4nc3-n3c4ccccc4c4c5ccccc5c5c6cc7ccccc7cc6sc5c43)cc2)cc1. The highest BCUT2D eigenvalue weighted by molar-refractivity contribution is 7.27. The van der Waals surface area contributed by atoms with E-state index in [2.05, 4.69) is 156 Å². The minimum absolute atomic E-state index is 0.835. The first-order valence-corrected chi connectivity index (χ1v) is 17.7. The maximum atomic E-state index is 5.47. The largest absolute Gasteiger partial charge is 0.290 e. The van der Waals surface area contributed by atoms with Gasteiger partial charge in [0.25, 0.3) is 0 Å². The van der Waals surface area contributed by atoms with Crippen molar-refractivity contribution in [1.29, 1.82) is 0 Å². The van der Waals surface area contributed by atoms with E-state index in [1.807, 2.05) is 23.5 Å². The van der Waals surface area contributed by atoms with Gasteiger partial charge < -0.3 is 0 Å². The van der Waals surface area contributed by atoms with Gasteiger partial charge in [-0.05, 0) is 63.0 Å². The fourth-order valence-electron chi connectivity index (χ4n) is 7.87. The molecule has 0 aliphatic rings. The highest BCUT2D eigenvalue weighted by atomic mass is 32.1. The molecule has 8 aromatic carbocycles.